The van der Waals surface area contributed by atoms with Crippen molar-refractivity contribution < 1.29 is 4.39 Å². The van der Waals surface area contributed by atoms with Gasteiger partial charge in [0.2, 0.25) is 5.16 Å². The molecule has 0 spiro atoms. The molecule has 0 aliphatic rings. The van der Waals surface area contributed by atoms with Crippen LogP contribution >= 0.6 is 23.4 Å². The van der Waals surface area contributed by atoms with Crippen molar-refractivity contribution in [1.29, 1.82) is 0 Å². The largest absolute Gasteiger partial charge is 0.335 e. The molecule has 3 aromatic rings. The Morgan fingerprint density at radius 1 is 1.09 bits per heavy atom. The van der Waals surface area contributed by atoms with E-state index in [0.717, 1.165) is 11.1 Å². The zero-order chi connectivity index (χ0) is 16.4. The molecule has 0 fully saturated rings. The van der Waals surface area contributed by atoms with E-state index in [1.807, 2.05) is 19.1 Å². The molecule has 0 aliphatic carbocycles. The van der Waals surface area contributed by atoms with Crippen LogP contribution in [0.25, 0.3) is 11.4 Å². The van der Waals surface area contributed by atoms with Crippen LogP contribution in [0.3, 0.4) is 0 Å². The molecule has 0 bridgehead atoms. The number of benzene rings is 2. The average Bonchev–Trinajstić information content (AvgIpc) is 2.90. The highest BCUT2D eigenvalue weighted by Gasteiger charge is 2.16. The Hall–Kier alpha value is -2.05. The third-order valence-corrected chi connectivity index (χ3v) is 4.76. The first-order valence-corrected chi connectivity index (χ1v) is 8.19. The maximum atomic E-state index is 13.0. The molecular formula is C16H14ClFN4S. The van der Waals surface area contributed by atoms with Gasteiger partial charge in [-0.25, -0.2) is 9.07 Å². The molecule has 4 nitrogen and oxygen atoms in total. The fraction of sp³-hybridized carbons (Fsp3) is 0.125. The van der Waals surface area contributed by atoms with Crippen molar-refractivity contribution in [2.24, 2.45) is 0 Å². The van der Waals surface area contributed by atoms with Crippen LogP contribution in [-0.2, 0) is 0 Å². The van der Waals surface area contributed by atoms with Crippen molar-refractivity contribution in [3.63, 3.8) is 0 Å². The summed E-state index contributed by atoms with van der Waals surface area (Å²) < 4.78 is 14.5. The van der Waals surface area contributed by atoms with E-state index < -0.39 is 0 Å². The number of aromatic nitrogens is 3. The van der Waals surface area contributed by atoms with Crippen LogP contribution in [0.2, 0.25) is 5.02 Å². The summed E-state index contributed by atoms with van der Waals surface area (Å²) in [7, 11) is 0. The highest BCUT2D eigenvalue weighted by molar-refractivity contribution is 7.99. The van der Waals surface area contributed by atoms with E-state index >= 15 is 0 Å². The Labute approximate surface area is 142 Å². The Balaban J connectivity index is 1.81. The zero-order valence-corrected chi connectivity index (χ0v) is 13.9. The third kappa shape index (κ3) is 3.48. The first kappa shape index (κ1) is 15.8. The second-order valence-corrected chi connectivity index (χ2v) is 6.74. The fourth-order valence-electron chi connectivity index (χ4n) is 2.11. The van der Waals surface area contributed by atoms with E-state index in [-0.39, 0.29) is 11.1 Å². The Bertz CT molecular complexity index is 802. The average molecular weight is 349 g/mol. The zero-order valence-electron chi connectivity index (χ0n) is 12.3. The quantitative estimate of drug-likeness (QED) is 0.564. The molecule has 2 N–H and O–H groups in total. The van der Waals surface area contributed by atoms with Crippen LogP contribution in [0.4, 0.5) is 4.39 Å². The monoisotopic (exact) mass is 348 g/mol. The number of hydrogen-bond acceptors (Lipinski definition) is 4. The second-order valence-electron chi connectivity index (χ2n) is 4.99. The van der Waals surface area contributed by atoms with Crippen LogP contribution in [0.1, 0.15) is 17.7 Å². The Morgan fingerprint density at radius 3 is 2.39 bits per heavy atom. The minimum atomic E-state index is -0.252. The summed E-state index contributed by atoms with van der Waals surface area (Å²) in [4.78, 5) is 0. The first-order chi connectivity index (χ1) is 11.0. The third-order valence-electron chi connectivity index (χ3n) is 3.39. The lowest BCUT2D eigenvalue weighted by Gasteiger charge is -2.11. The van der Waals surface area contributed by atoms with Crippen molar-refractivity contribution in [2.75, 3.05) is 5.84 Å². The minimum absolute atomic E-state index is 0.0696. The minimum Gasteiger partial charge on any atom is -0.335 e. The van der Waals surface area contributed by atoms with Crippen molar-refractivity contribution in [2.45, 2.75) is 17.3 Å². The summed E-state index contributed by atoms with van der Waals surface area (Å²) in [5, 5.41) is 9.59. The van der Waals surface area contributed by atoms with E-state index in [9.17, 15) is 4.39 Å². The number of nitrogens with two attached hydrogens (primary N) is 1. The van der Waals surface area contributed by atoms with E-state index in [4.69, 9.17) is 17.4 Å². The van der Waals surface area contributed by atoms with Crippen LogP contribution < -0.4 is 5.84 Å². The summed E-state index contributed by atoms with van der Waals surface area (Å²) in [5.74, 6) is 6.42. The molecule has 3 rings (SSSR count). The lowest BCUT2D eigenvalue weighted by atomic mass is 10.2. The lowest BCUT2D eigenvalue weighted by Crippen LogP contribution is -2.11. The van der Waals surface area contributed by atoms with Gasteiger partial charge in [0, 0.05) is 15.8 Å². The number of nitrogens with zero attached hydrogens (tertiary/aromatic N) is 3. The van der Waals surface area contributed by atoms with Crippen molar-refractivity contribution in [3.05, 3.63) is 64.9 Å². The van der Waals surface area contributed by atoms with Crippen LogP contribution in [0.5, 0.6) is 0 Å². The molecule has 0 amide bonds. The second kappa shape index (κ2) is 6.60. The number of hydrogen-bond donors (Lipinski definition) is 1. The molecule has 0 unspecified atom stereocenters. The predicted molar refractivity (Wildman–Crippen MR) is 91.3 cm³/mol. The summed E-state index contributed by atoms with van der Waals surface area (Å²) in [6.45, 7) is 2.01. The van der Waals surface area contributed by atoms with Gasteiger partial charge >= 0.3 is 0 Å². The molecule has 118 valence electrons. The van der Waals surface area contributed by atoms with E-state index in [1.54, 1.807) is 24.3 Å². The fourth-order valence-corrected chi connectivity index (χ4v) is 3.14. The smallest absolute Gasteiger partial charge is 0.210 e. The number of nitrogen functional groups attached to an aromatic ring is 1. The molecule has 1 heterocycles. The summed E-state index contributed by atoms with van der Waals surface area (Å²) >= 11 is 7.35. The number of thioether (sulfide) groups is 1. The van der Waals surface area contributed by atoms with Gasteiger partial charge in [-0.3, -0.25) is 0 Å². The van der Waals surface area contributed by atoms with Crippen molar-refractivity contribution in [1.82, 2.24) is 14.9 Å². The van der Waals surface area contributed by atoms with Crippen LogP contribution in [-0.4, -0.2) is 14.9 Å². The van der Waals surface area contributed by atoms with Gasteiger partial charge in [-0.15, -0.1) is 10.2 Å². The molecule has 7 heteroatoms. The lowest BCUT2D eigenvalue weighted by molar-refractivity contribution is 0.627. The normalized spacial score (nSPS) is 12.3. The summed E-state index contributed by atoms with van der Waals surface area (Å²) in [6.07, 6.45) is 0. The molecule has 23 heavy (non-hydrogen) atoms. The summed E-state index contributed by atoms with van der Waals surface area (Å²) in [6, 6.07) is 13.6. The van der Waals surface area contributed by atoms with Crippen molar-refractivity contribution in [3.8, 4) is 11.4 Å². The highest BCUT2D eigenvalue weighted by Crippen LogP contribution is 2.34. The molecule has 1 atom stereocenters. The Kier molecular flexibility index (Phi) is 4.54. The SMILES string of the molecule is C[C@@H](Sc1nnc(-c2ccc(Cl)cc2)n1N)c1ccc(F)cc1. The predicted octanol–water partition coefficient (Wildman–Crippen LogP) is 4.30. The van der Waals surface area contributed by atoms with Crippen LogP contribution in [0.15, 0.2) is 53.7 Å². The molecule has 1 aromatic heterocycles. The van der Waals surface area contributed by atoms with Gasteiger partial charge in [0.05, 0.1) is 0 Å². The standard InChI is InChI=1S/C16H14ClFN4S/c1-10(11-4-8-14(18)9-5-11)23-16-21-20-15(22(16)19)12-2-6-13(17)7-3-12/h2-10H,19H2,1H3/t10-/m1/s1. The van der Waals surface area contributed by atoms with Gasteiger partial charge in [-0.1, -0.05) is 35.5 Å². The van der Waals surface area contributed by atoms with E-state index in [0.29, 0.717) is 16.0 Å². The van der Waals surface area contributed by atoms with Gasteiger partial charge in [-0.2, -0.15) is 0 Å². The molecule has 0 saturated heterocycles. The van der Waals surface area contributed by atoms with Gasteiger partial charge in [0.15, 0.2) is 5.82 Å². The molecule has 0 aliphatic heterocycles. The van der Waals surface area contributed by atoms with Gasteiger partial charge in [-0.05, 0) is 48.9 Å². The molecule has 0 saturated carbocycles. The van der Waals surface area contributed by atoms with Gasteiger partial charge in [0.1, 0.15) is 5.82 Å². The van der Waals surface area contributed by atoms with Crippen LogP contribution in [0, 0.1) is 5.82 Å². The van der Waals surface area contributed by atoms with Crippen molar-refractivity contribution >= 4 is 23.4 Å². The Morgan fingerprint density at radius 2 is 1.74 bits per heavy atom. The molecule has 0 radical (unpaired) electrons. The van der Waals surface area contributed by atoms with Gasteiger partial charge < -0.3 is 5.84 Å². The van der Waals surface area contributed by atoms with E-state index in [1.165, 1.54) is 28.6 Å². The number of rotatable bonds is 4. The maximum Gasteiger partial charge on any atom is 0.210 e. The number of halogens is 2. The molecular weight excluding hydrogens is 335 g/mol. The topological polar surface area (TPSA) is 56.7 Å². The van der Waals surface area contributed by atoms with Gasteiger partial charge in [0.25, 0.3) is 0 Å². The highest BCUT2D eigenvalue weighted by atomic mass is 35.5. The summed E-state index contributed by atoms with van der Waals surface area (Å²) in [5.41, 5.74) is 1.83. The molecule has 2 aromatic carbocycles. The first-order valence-electron chi connectivity index (χ1n) is 6.93. The van der Waals surface area contributed by atoms with E-state index in [2.05, 4.69) is 10.2 Å². The maximum absolute atomic E-state index is 13.0.